The maximum atomic E-state index is 13.1. The van der Waals surface area contributed by atoms with Gasteiger partial charge in [0.05, 0.1) is 12.0 Å². The molecule has 1 atom stereocenters. The van der Waals surface area contributed by atoms with Crippen molar-refractivity contribution in [3.05, 3.63) is 23.6 Å². The Morgan fingerprint density at radius 2 is 2.13 bits per heavy atom. The lowest BCUT2D eigenvalue weighted by Gasteiger charge is -2.15. The molecule has 0 N–H and O–H groups in total. The first-order valence-corrected chi connectivity index (χ1v) is 5.15. The van der Waals surface area contributed by atoms with Crippen molar-refractivity contribution >= 4 is 21.1 Å². The van der Waals surface area contributed by atoms with Crippen molar-refractivity contribution in [3.63, 3.8) is 0 Å². The highest BCUT2D eigenvalue weighted by atomic mass is 32.2. The average Bonchev–Trinajstić information content (AvgIpc) is 2.20. The van der Waals surface area contributed by atoms with Crippen molar-refractivity contribution in [3.8, 4) is 0 Å². The lowest BCUT2D eigenvalue weighted by atomic mass is 9.94. The molecule has 0 bridgehead atoms. The number of esters is 1. The lowest BCUT2D eigenvalue weighted by Crippen LogP contribution is -2.27. The second-order valence-electron chi connectivity index (χ2n) is 2.93. The molecule has 1 aliphatic rings. The van der Waals surface area contributed by atoms with Crippen LogP contribution < -0.4 is 0 Å². The largest absolute Gasteiger partial charge is 0.468 e. The van der Waals surface area contributed by atoms with Crippen molar-refractivity contribution in [2.24, 2.45) is 5.92 Å². The summed E-state index contributed by atoms with van der Waals surface area (Å²) in [6.45, 7) is 1.31. The van der Waals surface area contributed by atoms with Crippen LogP contribution in [0, 0.1) is 5.92 Å². The third-order valence-corrected chi connectivity index (χ3v) is 3.00. The molecule has 0 fully saturated rings. The van der Waals surface area contributed by atoms with Crippen LogP contribution in [0.1, 0.15) is 6.92 Å². The van der Waals surface area contributed by atoms with Crippen LogP contribution in [0.3, 0.4) is 0 Å². The third kappa shape index (κ3) is 2.15. The molecule has 1 unspecified atom stereocenters. The summed E-state index contributed by atoms with van der Waals surface area (Å²) in [5.74, 6) is -2.43. The fraction of sp³-hybridized carbons (Fsp3) is 0.333. The Morgan fingerprint density at radius 3 is 2.60 bits per heavy atom. The Kier molecular flexibility index (Phi) is 3.41. The van der Waals surface area contributed by atoms with Gasteiger partial charge in [-0.3, -0.25) is 4.79 Å². The normalized spacial score (nSPS) is 20.5. The zero-order valence-corrected chi connectivity index (χ0v) is 8.97. The Hall–Kier alpha value is -1.43. The van der Waals surface area contributed by atoms with Gasteiger partial charge in [-0.05, 0) is 13.0 Å². The minimum atomic E-state index is -2.64. The SMILES string of the molecule is COC(=O)C1C=CC(F)=C(C)C1=S(=O)=O. The number of hydrogen-bond donors (Lipinski definition) is 0. The summed E-state index contributed by atoms with van der Waals surface area (Å²) in [4.78, 5) is 10.9. The van der Waals surface area contributed by atoms with Crippen molar-refractivity contribution in [1.82, 2.24) is 0 Å². The molecule has 0 radical (unpaired) electrons. The Bertz CT molecular complexity index is 476. The van der Waals surface area contributed by atoms with Crippen molar-refractivity contribution < 1.29 is 22.3 Å². The molecular weight excluding hydrogens is 223 g/mol. The van der Waals surface area contributed by atoms with Crippen LogP contribution in [0.5, 0.6) is 0 Å². The fourth-order valence-corrected chi connectivity index (χ4v) is 2.01. The highest BCUT2D eigenvalue weighted by Crippen LogP contribution is 2.22. The molecule has 0 spiro atoms. The van der Waals surface area contributed by atoms with Gasteiger partial charge in [0.2, 0.25) is 10.3 Å². The number of carbonyl (C=O) groups excluding carboxylic acids is 1. The molecule has 0 saturated carbocycles. The topological polar surface area (TPSA) is 60.4 Å². The van der Waals surface area contributed by atoms with E-state index in [9.17, 15) is 17.6 Å². The summed E-state index contributed by atoms with van der Waals surface area (Å²) in [6.07, 6.45) is 2.23. The number of rotatable bonds is 1. The van der Waals surface area contributed by atoms with Crippen LogP contribution in [-0.2, 0) is 19.8 Å². The summed E-state index contributed by atoms with van der Waals surface area (Å²) >= 11 is 0. The smallest absolute Gasteiger partial charge is 0.318 e. The molecule has 1 aliphatic carbocycles. The van der Waals surface area contributed by atoms with Crippen LogP contribution >= 0.6 is 0 Å². The van der Waals surface area contributed by atoms with E-state index in [1.54, 1.807) is 0 Å². The van der Waals surface area contributed by atoms with Crippen LogP contribution in [-0.4, -0.2) is 26.4 Å². The summed E-state index contributed by atoms with van der Waals surface area (Å²) in [6, 6.07) is 0. The molecule has 0 aromatic carbocycles. The monoisotopic (exact) mass is 232 g/mol. The number of allylic oxidation sites excluding steroid dienone is 3. The maximum absolute atomic E-state index is 13.1. The van der Waals surface area contributed by atoms with E-state index in [4.69, 9.17) is 0 Å². The lowest BCUT2D eigenvalue weighted by molar-refractivity contribution is -0.141. The molecule has 6 heteroatoms. The summed E-state index contributed by atoms with van der Waals surface area (Å²) in [5, 5.41) is 0. The minimum absolute atomic E-state index is 0.0544. The molecule has 0 amide bonds. The van der Waals surface area contributed by atoms with Crippen molar-refractivity contribution in [1.29, 1.82) is 0 Å². The molecular formula is C9H9FO4S. The fourth-order valence-electron chi connectivity index (χ4n) is 1.29. The van der Waals surface area contributed by atoms with E-state index in [0.717, 1.165) is 13.2 Å². The van der Waals surface area contributed by atoms with Gasteiger partial charge < -0.3 is 4.74 Å². The first kappa shape index (κ1) is 11.6. The number of halogens is 1. The predicted octanol–water partition coefficient (Wildman–Crippen LogP) is 0.640. The van der Waals surface area contributed by atoms with Crippen LogP contribution in [0.2, 0.25) is 0 Å². The third-order valence-electron chi connectivity index (χ3n) is 2.08. The highest BCUT2D eigenvalue weighted by molar-refractivity contribution is 7.73. The van der Waals surface area contributed by atoms with E-state index in [1.807, 2.05) is 0 Å². The number of ether oxygens (including phenoxy) is 1. The van der Waals surface area contributed by atoms with Gasteiger partial charge in [0.15, 0.2) is 0 Å². The van der Waals surface area contributed by atoms with Gasteiger partial charge in [0, 0.05) is 5.57 Å². The quantitative estimate of drug-likeness (QED) is 0.491. The molecule has 82 valence electrons. The first-order chi connectivity index (χ1) is 6.99. The molecule has 0 saturated heterocycles. The van der Waals surface area contributed by atoms with Gasteiger partial charge in [-0.1, -0.05) is 6.08 Å². The molecule has 0 aromatic rings. The van der Waals surface area contributed by atoms with Gasteiger partial charge in [-0.25, -0.2) is 4.39 Å². The number of methoxy groups -OCH3 is 1. The summed E-state index contributed by atoms with van der Waals surface area (Å²) in [5.41, 5.74) is -0.0544. The second-order valence-corrected chi connectivity index (χ2v) is 3.84. The molecule has 0 heterocycles. The Morgan fingerprint density at radius 1 is 1.53 bits per heavy atom. The van der Waals surface area contributed by atoms with Crippen LogP contribution in [0.25, 0.3) is 0 Å². The highest BCUT2D eigenvalue weighted by Gasteiger charge is 2.29. The van der Waals surface area contributed by atoms with Crippen LogP contribution in [0.15, 0.2) is 23.6 Å². The van der Waals surface area contributed by atoms with Gasteiger partial charge in [-0.15, -0.1) is 0 Å². The zero-order valence-electron chi connectivity index (χ0n) is 8.15. The van der Waals surface area contributed by atoms with Gasteiger partial charge in [0.25, 0.3) is 0 Å². The van der Waals surface area contributed by atoms with Crippen molar-refractivity contribution in [2.75, 3.05) is 7.11 Å². The maximum Gasteiger partial charge on any atom is 0.318 e. The Labute approximate surface area is 87.6 Å². The van der Waals surface area contributed by atoms with Gasteiger partial charge in [0.1, 0.15) is 11.7 Å². The molecule has 15 heavy (non-hydrogen) atoms. The molecule has 0 aromatic heterocycles. The Balaban J connectivity index is 3.34. The zero-order chi connectivity index (χ0) is 11.6. The van der Waals surface area contributed by atoms with Crippen molar-refractivity contribution in [2.45, 2.75) is 6.92 Å². The second kappa shape index (κ2) is 4.39. The predicted molar refractivity (Wildman–Crippen MR) is 52.4 cm³/mol. The van der Waals surface area contributed by atoms with E-state index in [0.29, 0.717) is 0 Å². The standard InChI is InChI=1S/C9H9FO4S/c1-5-7(10)4-3-6(9(11)14-2)8(5)15(12)13/h3-4,6H,1-2H3. The van der Waals surface area contributed by atoms with Gasteiger partial charge >= 0.3 is 5.97 Å². The first-order valence-electron chi connectivity index (χ1n) is 4.08. The van der Waals surface area contributed by atoms with Gasteiger partial charge in [-0.2, -0.15) is 8.42 Å². The van der Waals surface area contributed by atoms with E-state index in [2.05, 4.69) is 4.74 Å². The van der Waals surface area contributed by atoms with E-state index in [-0.39, 0.29) is 10.4 Å². The van der Waals surface area contributed by atoms with E-state index < -0.39 is 28.0 Å². The average molecular weight is 232 g/mol. The molecule has 4 nitrogen and oxygen atoms in total. The number of hydrogen-bond acceptors (Lipinski definition) is 4. The number of carbonyl (C=O) groups is 1. The van der Waals surface area contributed by atoms with E-state index >= 15 is 0 Å². The minimum Gasteiger partial charge on any atom is -0.468 e. The van der Waals surface area contributed by atoms with E-state index in [1.165, 1.54) is 13.0 Å². The summed E-state index contributed by atoms with van der Waals surface area (Å²) in [7, 11) is -1.49. The summed E-state index contributed by atoms with van der Waals surface area (Å²) < 4.78 is 39.2. The molecule has 0 aliphatic heterocycles. The molecule has 1 rings (SSSR count). The van der Waals surface area contributed by atoms with Crippen LogP contribution in [0.4, 0.5) is 4.39 Å².